The Hall–Kier alpha value is -2.94. The lowest BCUT2D eigenvalue weighted by atomic mass is 9.89. The zero-order chi connectivity index (χ0) is 17.3. The van der Waals surface area contributed by atoms with Crippen LogP contribution in [0.5, 0.6) is 5.75 Å². The van der Waals surface area contributed by atoms with Gasteiger partial charge in [0.2, 0.25) is 0 Å². The molecule has 122 valence electrons. The first-order chi connectivity index (χ1) is 11.5. The van der Waals surface area contributed by atoms with E-state index in [-0.39, 0.29) is 0 Å². The van der Waals surface area contributed by atoms with Crippen LogP contribution in [-0.4, -0.2) is 7.11 Å². The second-order valence-corrected chi connectivity index (χ2v) is 6.00. The first-order valence-corrected chi connectivity index (χ1v) is 7.91. The molecule has 0 unspecified atom stereocenters. The van der Waals surface area contributed by atoms with Gasteiger partial charge in [-0.2, -0.15) is 0 Å². The monoisotopic (exact) mass is 318 g/mol. The third-order valence-corrected chi connectivity index (χ3v) is 4.47. The van der Waals surface area contributed by atoms with E-state index in [0.29, 0.717) is 0 Å². The summed E-state index contributed by atoms with van der Waals surface area (Å²) in [4.78, 5) is 0. The predicted molar refractivity (Wildman–Crippen MR) is 102 cm³/mol. The molecular formula is C21H22N2O. The zero-order valence-electron chi connectivity index (χ0n) is 14.3. The molecule has 3 aromatic rings. The highest BCUT2D eigenvalue weighted by molar-refractivity contribution is 5.89. The van der Waals surface area contributed by atoms with Crippen molar-refractivity contribution in [2.75, 3.05) is 18.6 Å². The molecule has 0 radical (unpaired) electrons. The van der Waals surface area contributed by atoms with Gasteiger partial charge in [-0.05, 0) is 77.6 Å². The van der Waals surface area contributed by atoms with E-state index in [4.69, 9.17) is 16.2 Å². The number of nitrogen functional groups attached to an aromatic ring is 2. The number of methoxy groups -OCH3 is 1. The fourth-order valence-corrected chi connectivity index (χ4v) is 2.94. The third kappa shape index (κ3) is 2.81. The van der Waals surface area contributed by atoms with Gasteiger partial charge in [-0.15, -0.1) is 0 Å². The van der Waals surface area contributed by atoms with Crippen LogP contribution < -0.4 is 16.2 Å². The summed E-state index contributed by atoms with van der Waals surface area (Å²) in [6.45, 7) is 4.08. The average Bonchev–Trinajstić information content (AvgIpc) is 2.60. The Balaban J connectivity index is 2.23. The average molecular weight is 318 g/mol. The van der Waals surface area contributed by atoms with Crippen molar-refractivity contribution in [1.82, 2.24) is 0 Å². The van der Waals surface area contributed by atoms with E-state index in [9.17, 15) is 0 Å². The largest absolute Gasteiger partial charge is 0.497 e. The van der Waals surface area contributed by atoms with Crippen LogP contribution in [0, 0.1) is 13.8 Å². The van der Waals surface area contributed by atoms with Gasteiger partial charge in [-0.3, -0.25) is 0 Å². The first kappa shape index (κ1) is 15.9. The van der Waals surface area contributed by atoms with Crippen molar-refractivity contribution in [3.05, 3.63) is 65.7 Å². The third-order valence-electron chi connectivity index (χ3n) is 4.47. The fraction of sp³-hybridized carbons (Fsp3) is 0.143. The molecule has 0 saturated carbocycles. The SMILES string of the molecule is COc1ccc(-c2c(-c3ccc(N)c(C)c3)ccc(N)c2C)cc1. The minimum absolute atomic E-state index is 0.789. The van der Waals surface area contributed by atoms with Crippen LogP contribution in [0.15, 0.2) is 54.6 Å². The molecular weight excluding hydrogens is 296 g/mol. The van der Waals surface area contributed by atoms with E-state index >= 15 is 0 Å². The van der Waals surface area contributed by atoms with Gasteiger partial charge < -0.3 is 16.2 Å². The summed E-state index contributed by atoms with van der Waals surface area (Å²) in [6, 6.07) is 18.2. The lowest BCUT2D eigenvalue weighted by Crippen LogP contribution is -1.97. The second-order valence-electron chi connectivity index (χ2n) is 6.00. The molecule has 3 nitrogen and oxygen atoms in total. The van der Waals surface area contributed by atoms with Crippen molar-refractivity contribution >= 4 is 11.4 Å². The molecule has 0 aliphatic carbocycles. The van der Waals surface area contributed by atoms with Crippen LogP contribution in [0.1, 0.15) is 11.1 Å². The summed E-state index contributed by atoms with van der Waals surface area (Å²) < 4.78 is 5.26. The van der Waals surface area contributed by atoms with Crippen LogP contribution in [0.2, 0.25) is 0 Å². The van der Waals surface area contributed by atoms with E-state index in [2.05, 4.69) is 37.3 Å². The zero-order valence-corrected chi connectivity index (χ0v) is 14.3. The Morgan fingerprint density at radius 1 is 0.750 bits per heavy atom. The molecule has 3 rings (SSSR count). The van der Waals surface area contributed by atoms with Gasteiger partial charge in [0.15, 0.2) is 0 Å². The van der Waals surface area contributed by atoms with Crippen LogP contribution in [0.4, 0.5) is 11.4 Å². The van der Waals surface area contributed by atoms with Gasteiger partial charge in [0.1, 0.15) is 5.75 Å². The number of hydrogen-bond acceptors (Lipinski definition) is 3. The van der Waals surface area contributed by atoms with Crippen molar-refractivity contribution in [3.63, 3.8) is 0 Å². The summed E-state index contributed by atoms with van der Waals surface area (Å²) >= 11 is 0. The molecule has 0 bridgehead atoms. The minimum Gasteiger partial charge on any atom is -0.497 e. The minimum atomic E-state index is 0.789. The molecule has 0 aliphatic rings. The van der Waals surface area contributed by atoms with E-state index in [0.717, 1.165) is 50.5 Å². The van der Waals surface area contributed by atoms with Crippen molar-refractivity contribution in [3.8, 4) is 28.0 Å². The van der Waals surface area contributed by atoms with Gasteiger partial charge in [0.25, 0.3) is 0 Å². The van der Waals surface area contributed by atoms with Crippen molar-refractivity contribution < 1.29 is 4.74 Å². The van der Waals surface area contributed by atoms with Crippen molar-refractivity contribution in [1.29, 1.82) is 0 Å². The van der Waals surface area contributed by atoms with Gasteiger partial charge in [-0.25, -0.2) is 0 Å². The lowest BCUT2D eigenvalue weighted by Gasteiger charge is -2.16. The molecule has 3 aromatic carbocycles. The predicted octanol–water partition coefficient (Wildman–Crippen LogP) is 4.81. The molecule has 0 saturated heterocycles. The Labute approximate surface area is 142 Å². The maximum absolute atomic E-state index is 6.17. The number of nitrogens with two attached hydrogens (primary N) is 2. The highest BCUT2D eigenvalue weighted by Crippen LogP contribution is 2.38. The lowest BCUT2D eigenvalue weighted by molar-refractivity contribution is 0.415. The summed E-state index contributed by atoms with van der Waals surface area (Å²) in [5, 5.41) is 0. The standard InChI is InChI=1S/C21H22N2O/c1-13-12-16(6-10-19(13)22)18-9-11-20(23)14(2)21(18)15-4-7-17(24-3)8-5-15/h4-12H,22-23H2,1-3H3. The second kappa shape index (κ2) is 6.28. The van der Waals surface area contributed by atoms with Gasteiger partial charge in [0.05, 0.1) is 7.11 Å². The molecule has 24 heavy (non-hydrogen) atoms. The normalized spacial score (nSPS) is 10.6. The molecule has 0 amide bonds. The Morgan fingerprint density at radius 2 is 1.38 bits per heavy atom. The van der Waals surface area contributed by atoms with E-state index < -0.39 is 0 Å². The van der Waals surface area contributed by atoms with Gasteiger partial charge in [-0.1, -0.05) is 24.3 Å². The van der Waals surface area contributed by atoms with E-state index in [1.807, 2.05) is 31.2 Å². The number of rotatable bonds is 3. The maximum Gasteiger partial charge on any atom is 0.118 e. The van der Waals surface area contributed by atoms with E-state index in [1.54, 1.807) is 7.11 Å². The summed E-state index contributed by atoms with van der Waals surface area (Å²) in [6.07, 6.45) is 0. The van der Waals surface area contributed by atoms with E-state index in [1.165, 1.54) is 0 Å². The number of ether oxygens (including phenoxy) is 1. The van der Waals surface area contributed by atoms with Crippen LogP contribution in [0.25, 0.3) is 22.3 Å². The molecule has 0 heterocycles. The van der Waals surface area contributed by atoms with Gasteiger partial charge in [0, 0.05) is 11.4 Å². The number of hydrogen-bond donors (Lipinski definition) is 2. The smallest absolute Gasteiger partial charge is 0.118 e. The molecule has 0 aliphatic heterocycles. The topological polar surface area (TPSA) is 61.3 Å². The first-order valence-electron chi connectivity index (χ1n) is 7.91. The maximum atomic E-state index is 6.17. The van der Waals surface area contributed by atoms with Crippen LogP contribution >= 0.6 is 0 Å². The highest BCUT2D eigenvalue weighted by Gasteiger charge is 2.13. The molecule has 0 aromatic heterocycles. The van der Waals surface area contributed by atoms with Crippen LogP contribution in [0.3, 0.4) is 0 Å². The summed E-state index contributed by atoms with van der Waals surface area (Å²) in [5.41, 5.74) is 20.4. The molecule has 0 spiro atoms. The summed E-state index contributed by atoms with van der Waals surface area (Å²) in [7, 11) is 1.67. The molecule has 4 N–H and O–H groups in total. The molecule has 0 fully saturated rings. The Morgan fingerprint density at radius 3 is 2.00 bits per heavy atom. The van der Waals surface area contributed by atoms with Crippen molar-refractivity contribution in [2.45, 2.75) is 13.8 Å². The van der Waals surface area contributed by atoms with Gasteiger partial charge >= 0.3 is 0 Å². The van der Waals surface area contributed by atoms with Crippen molar-refractivity contribution in [2.24, 2.45) is 0 Å². The quantitative estimate of drug-likeness (QED) is 0.681. The number of aryl methyl sites for hydroxylation is 1. The number of anilines is 2. The highest BCUT2D eigenvalue weighted by atomic mass is 16.5. The summed E-state index contributed by atoms with van der Waals surface area (Å²) in [5.74, 6) is 0.838. The molecule has 0 atom stereocenters. The number of benzene rings is 3. The van der Waals surface area contributed by atoms with Crippen LogP contribution in [-0.2, 0) is 0 Å². The Kier molecular flexibility index (Phi) is 4.17. The fourth-order valence-electron chi connectivity index (χ4n) is 2.94. The Bertz CT molecular complexity index is 883. The molecule has 3 heteroatoms.